The van der Waals surface area contributed by atoms with Crippen LogP contribution in [0.5, 0.6) is 0 Å². The van der Waals surface area contributed by atoms with Gasteiger partial charge in [0.15, 0.2) is 5.70 Å². The van der Waals surface area contributed by atoms with Crippen LogP contribution in [0.25, 0.3) is 11.6 Å². The van der Waals surface area contributed by atoms with Crippen LogP contribution in [0, 0.1) is 13.8 Å². The Morgan fingerprint density at radius 3 is 2.28 bits per heavy atom. The fourth-order valence-electron chi connectivity index (χ4n) is 4.53. The van der Waals surface area contributed by atoms with Crippen LogP contribution in [-0.2, 0) is 0 Å². The highest BCUT2D eigenvalue weighted by molar-refractivity contribution is 9.28. The summed E-state index contributed by atoms with van der Waals surface area (Å²) in [6.07, 6.45) is 1.84. The molecule has 2 aromatic rings. The fourth-order valence-corrected chi connectivity index (χ4v) is 5.36. The molecule has 29 heavy (non-hydrogen) atoms. The second-order valence-corrected chi connectivity index (χ2v) is 10.9. The summed E-state index contributed by atoms with van der Waals surface area (Å²) in [6.45, 7) is 3.27. The minimum Gasteiger partial charge on any atom is -0.393 e. The molecule has 0 saturated heterocycles. The Labute approximate surface area is 194 Å². The Morgan fingerprint density at radius 1 is 1.07 bits per heavy atom. The van der Waals surface area contributed by atoms with Gasteiger partial charge >= 0.3 is 6.97 Å². The minimum absolute atomic E-state index is 0.533. The van der Waals surface area contributed by atoms with Crippen molar-refractivity contribution in [1.82, 2.24) is 4.48 Å². The van der Waals surface area contributed by atoms with Crippen molar-refractivity contribution in [3.63, 3.8) is 0 Å². The fraction of sp³-hybridized carbons (Fsp3) is 0.190. The minimum atomic E-state index is -4.05. The Kier molecular flexibility index (Phi) is 5.19. The zero-order valence-electron chi connectivity index (χ0n) is 16.3. The van der Waals surface area contributed by atoms with Gasteiger partial charge in [0, 0.05) is 18.2 Å². The highest BCUT2D eigenvalue weighted by atomic mass is 79.9. The van der Waals surface area contributed by atoms with Gasteiger partial charge in [-0.15, -0.1) is 0 Å². The van der Waals surface area contributed by atoms with Gasteiger partial charge in [0.1, 0.15) is 5.71 Å². The SMILES string of the molecule is CC1=C(Br)C(C)=[N+]2C1=C(c1ccccc1)c1c(C)c(C=C(Br)Br)c(C)n1[B-]2(F)F. The molecule has 2 aliphatic rings. The van der Waals surface area contributed by atoms with E-state index in [0.717, 1.165) is 32.3 Å². The van der Waals surface area contributed by atoms with Gasteiger partial charge in [0.25, 0.3) is 0 Å². The summed E-state index contributed by atoms with van der Waals surface area (Å²) < 4.78 is 36.0. The molecule has 150 valence electrons. The van der Waals surface area contributed by atoms with Crippen molar-refractivity contribution >= 4 is 72.1 Å². The molecule has 2 aliphatic heterocycles. The summed E-state index contributed by atoms with van der Waals surface area (Å²) in [5.41, 5.74) is 6.42. The van der Waals surface area contributed by atoms with Crippen molar-refractivity contribution in [2.24, 2.45) is 0 Å². The van der Waals surface area contributed by atoms with E-state index in [2.05, 4.69) is 47.8 Å². The topological polar surface area (TPSA) is 7.94 Å². The van der Waals surface area contributed by atoms with Crippen LogP contribution in [-0.4, -0.2) is 21.6 Å². The first kappa shape index (κ1) is 21.0. The van der Waals surface area contributed by atoms with E-state index < -0.39 is 6.97 Å². The van der Waals surface area contributed by atoms with Crippen molar-refractivity contribution in [3.05, 3.63) is 77.6 Å². The third-order valence-corrected chi connectivity index (χ3v) is 7.39. The molecular formula is C21H18BBr3F2N2. The normalized spacial score (nSPS) is 17.7. The average Bonchev–Trinajstić information content (AvgIpc) is 3.04. The van der Waals surface area contributed by atoms with Gasteiger partial charge in [-0.25, -0.2) is 0 Å². The van der Waals surface area contributed by atoms with Gasteiger partial charge in [0.2, 0.25) is 0 Å². The highest BCUT2D eigenvalue weighted by Gasteiger charge is 2.56. The zero-order chi connectivity index (χ0) is 21.2. The smallest absolute Gasteiger partial charge is 0.393 e. The van der Waals surface area contributed by atoms with Crippen LogP contribution in [0.1, 0.15) is 41.9 Å². The summed E-state index contributed by atoms with van der Waals surface area (Å²) in [6, 6.07) is 9.78. The molecule has 0 atom stereocenters. The molecule has 0 aliphatic carbocycles. The maximum absolute atomic E-state index is 16.0. The Morgan fingerprint density at radius 2 is 1.69 bits per heavy atom. The first-order chi connectivity index (χ1) is 13.6. The number of hydrogen-bond donors (Lipinski definition) is 0. The second-order valence-electron chi connectivity index (χ2n) is 7.35. The predicted molar refractivity (Wildman–Crippen MR) is 128 cm³/mol. The number of halogens is 5. The first-order valence-electron chi connectivity index (χ1n) is 9.15. The number of benzene rings is 1. The van der Waals surface area contributed by atoms with Gasteiger partial charge in [-0.3, -0.25) is 0 Å². The van der Waals surface area contributed by atoms with Crippen molar-refractivity contribution in [2.45, 2.75) is 27.7 Å². The molecule has 0 radical (unpaired) electrons. The second kappa shape index (κ2) is 7.17. The van der Waals surface area contributed by atoms with Crippen LogP contribution >= 0.6 is 47.8 Å². The van der Waals surface area contributed by atoms with Crippen molar-refractivity contribution < 1.29 is 13.1 Å². The molecule has 0 saturated carbocycles. The van der Waals surface area contributed by atoms with Gasteiger partial charge < -0.3 is 17.6 Å². The van der Waals surface area contributed by atoms with E-state index in [4.69, 9.17) is 0 Å². The summed E-state index contributed by atoms with van der Waals surface area (Å²) in [4.78, 5) is 0. The van der Waals surface area contributed by atoms with Crippen LogP contribution in [0.3, 0.4) is 0 Å². The van der Waals surface area contributed by atoms with Crippen LogP contribution in [0.2, 0.25) is 0 Å². The molecule has 0 unspecified atom stereocenters. The zero-order valence-corrected chi connectivity index (χ0v) is 21.1. The lowest BCUT2D eigenvalue weighted by molar-refractivity contribution is -0.363. The standard InChI is InChI=1S/C21H18BBr3F2N2/c1-11-16(10-17(23)24)13(3)28-20(11)18(15-8-6-5-7-9-15)21-12(2)19(25)14(4)29(21)22(28,26)27/h5-10H,1-4H3. The largest absolute Gasteiger partial charge is 0.737 e. The predicted octanol–water partition coefficient (Wildman–Crippen LogP) is 7.34. The quantitative estimate of drug-likeness (QED) is 0.325. The molecule has 4 rings (SSSR count). The first-order valence-corrected chi connectivity index (χ1v) is 11.5. The van der Waals surface area contributed by atoms with E-state index in [-0.39, 0.29) is 0 Å². The number of aromatic nitrogens is 1. The van der Waals surface area contributed by atoms with Crippen LogP contribution in [0.15, 0.2) is 49.5 Å². The van der Waals surface area contributed by atoms with Gasteiger partial charge in [-0.2, -0.15) is 0 Å². The molecule has 0 spiro atoms. The Hall–Kier alpha value is -1.25. The van der Waals surface area contributed by atoms with Crippen LogP contribution in [0.4, 0.5) is 8.63 Å². The molecule has 8 heteroatoms. The van der Waals surface area contributed by atoms with E-state index in [1.165, 1.54) is 8.96 Å². The highest BCUT2D eigenvalue weighted by Crippen LogP contribution is 2.47. The molecule has 0 fully saturated rings. The lowest BCUT2D eigenvalue weighted by Gasteiger charge is -2.33. The van der Waals surface area contributed by atoms with Gasteiger partial charge in [0.05, 0.1) is 13.4 Å². The Balaban J connectivity index is 2.23. The summed E-state index contributed by atoms with van der Waals surface area (Å²) in [7, 11) is 0. The van der Waals surface area contributed by atoms with Crippen molar-refractivity contribution in [2.75, 3.05) is 0 Å². The number of fused-ring (bicyclic) bond motifs is 2. The van der Waals surface area contributed by atoms with Gasteiger partial charge in [-0.05, 0) is 97.0 Å². The van der Waals surface area contributed by atoms with E-state index in [1.54, 1.807) is 13.8 Å². The van der Waals surface area contributed by atoms with Gasteiger partial charge in [-0.1, -0.05) is 30.3 Å². The third-order valence-electron chi connectivity index (χ3n) is 5.77. The molecular weight excluding hydrogens is 569 g/mol. The average molecular weight is 587 g/mol. The molecule has 1 aromatic carbocycles. The molecule has 0 bridgehead atoms. The van der Waals surface area contributed by atoms with E-state index in [1.807, 2.05) is 50.3 Å². The number of hydrogen-bond acceptors (Lipinski definition) is 0. The summed E-state index contributed by atoms with van der Waals surface area (Å²) in [5, 5.41) is 0. The van der Waals surface area contributed by atoms with Crippen molar-refractivity contribution in [3.8, 4) is 0 Å². The monoisotopic (exact) mass is 584 g/mol. The molecule has 3 heterocycles. The molecule has 0 N–H and O–H groups in total. The maximum atomic E-state index is 16.0. The molecule has 1 aromatic heterocycles. The van der Waals surface area contributed by atoms with E-state index in [0.29, 0.717) is 26.2 Å². The maximum Gasteiger partial charge on any atom is 0.737 e. The Bertz CT molecular complexity index is 1180. The van der Waals surface area contributed by atoms with E-state index in [9.17, 15) is 0 Å². The summed E-state index contributed by atoms with van der Waals surface area (Å²) in [5.74, 6) is 0. The van der Waals surface area contributed by atoms with Crippen molar-refractivity contribution in [1.29, 1.82) is 0 Å². The lowest BCUT2D eigenvalue weighted by Crippen LogP contribution is -2.51. The number of rotatable bonds is 2. The lowest BCUT2D eigenvalue weighted by atomic mass is 9.84. The molecule has 2 nitrogen and oxygen atoms in total. The third kappa shape index (κ3) is 2.93. The van der Waals surface area contributed by atoms with Crippen LogP contribution < -0.4 is 0 Å². The number of nitrogens with zero attached hydrogens (tertiary/aromatic N) is 2. The molecule has 0 amide bonds. The number of allylic oxidation sites excluding steroid dienone is 2. The summed E-state index contributed by atoms with van der Waals surface area (Å²) >= 11 is 10.3. The van der Waals surface area contributed by atoms with E-state index >= 15 is 8.63 Å².